The molecule has 0 aromatic carbocycles. The Morgan fingerprint density at radius 3 is 1.71 bits per heavy atom. The molecule has 4 heteroatoms. The molecule has 0 aromatic rings. The predicted octanol–water partition coefficient (Wildman–Crippen LogP) is -0.696. The smallest absolute Gasteiger partial charge is 0.188 e. The Morgan fingerprint density at radius 2 is 1.71 bits per heavy atom. The maximum Gasteiger partial charge on any atom is 0.188 e. The van der Waals surface area contributed by atoms with Crippen molar-refractivity contribution in [2.45, 2.75) is 18.7 Å². The van der Waals surface area contributed by atoms with Gasteiger partial charge in [-0.25, -0.2) is 0 Å². The minimum atomic E-state index is -1.41. The second-order valence-electron chi connectivity index (χ2n) is 1.90. The molecule has 0 rings (SSSR count). The van der Waals surface area contributed by atoms with E-state index in [9.17, 15) is 4.55 Å². The van der Waals surface area contributed by atoms with Gasteiger partial charge in [0, 0.05) is 13.8 Å². The van der Waals surface area contributed by atoms with E-state index >= 15 is 0 Å². The van der Waals surface area contributed by atoms with Crippen molar-refractivity contribution in [3.63, 3.8) is 0 Å². The highest BCUT2D eigenvalue weighted by molar-refractivity contribution is 7.90. The van der Waals surface area contributed by atoms with Gasteiger partial charge in [0.1, 0.15) is 0 Å². The lowest BCUT2D eigenvalue weighted by atomic mass is 10.4. The summed E-state index contributed by atoms with van der Waals surface area (Å²) in [6.45, 7) is 3.23. The standard InChI is InChI=1S/C3H10N2OS/c1-3(2,4)7(5)6/h4-5H2,1-2H3. The molecule has 0 amide bonds. The van der Waals surface area contributed by atoms with Crippen LogP contribution in [0, 0.1) is 0 Å². The van der Waals surface area contributed by atoms with Gasteiger partial charge in [0.25, 0.3) is 0 Å². The van der Waals surface area contributed by atoms with Gasteiger partial charge in [-0.15, -0.1) is 0 Å². The Kier molecular flexibility index (Phi) is 2.07. The highest BCUT2D eigenvalue weighted by Crippen LogP contribution is 2.01. The molecule has 0 aromatic heterocycles. The molecule has 0 bridgehead atoms. The van der Waals surface area contributed by atoms with Crippen LogP contribution in [0.1, 0.15) is 13.8 Å². The maximum absolute atomic E-state index is 10.2. The molecule has 0 saturated heterocycles. The molecule has 1 atom stereocenters. The first-order valence-electron chi connectivity index (χ1n) is 1.90. The van der Waals surface area contributed by atoms with Gasteiger partial charge in [0.05, 0.1) is 11.4 Å². The minimum Gasteiger partial charge on any atom is -0.597 e. The van der Waals surface area contributed by atoms with Crippen molar-refractivity contribution in [3.8, 4) is 0 Å². The second-order valence-corrected chi connectivity index (χ2v) is 3.55. The number of nitrogens with two attached hydrogens (primary N) is 2. The molecular weight excluding hydrogens is 112 g/mol. The van der Waals surface area contributed by atoms with E-state index in [1.54, 1.807) is 13.8 Å². The van der Waals surface area contributed by atoms with Crippen molar-refractivity contribution in [2.75, 3.05) is 0 Å². The molecule has 0 saturated carbocycles. The first-order valence-corrected chi connectivity index (χ1v) is 3.11. The van der Waals surface area contributed by atoms with Gasteiger partial charge in [-0.2, -0.15) is 5.14 Å². The van der Waals surface area contributed by atoms with Crippen molar-refractivity contribution in [3.05, 3.63) is 0 Å². The summed E-state index contributed by atoms with van der Waals surface area (Å²) in [7, 11) is 0. The van der Waals surface area contributed by atoms with E-state index in [1.807, 2.05) is 0 Å². The number of rotatable bonds is 1. The average Bonchev–Trinajstić information content (AvgIpc) is 1.31. The lowest BCUT2D eigenvalue weighted by Gasteiger charge is -2.17. The largest absolute Gasteiger partial charge is 0.597 e. The first kappa shape index (κ1) is 7.23. The Hall–Kier alpha value is 0.230. The third-order valence-electron chi connectivity index (χ3n) is 0.519. The molecule has 0 aliphatic rings. The fourth-order valence-electron chi connectivity index (χ4n) is 0. The lowest BCUT2D eigenvalue weighted by Crippen LogP contribution is -2.45. The van der Waals surface area contributed by atoms with E-state index in [2.05, 4.69) is 0 Å². The summed E-state index contributed by atoms with van der Waals surface area (Å²) >= 11 is -1.41. The molecule has 0 heterocycles. The molecule has 0 aliphatic heterocycles. The molecule has 0 aliphatic carbocycles. The van der Waals surface area contributed by atoms with Crippen LogP contribution in [-0.4, -0.2) is 9.42 Å². The fourth-order valence-corrected chi connectivity index (χ4v) is 0. The van der Waals surface area contributed by atoms with Gasteiger partial charge in [-0.05, 0) is 0 Å². The van der Waals surface area contributed by atoms with Crippen LogP contribution >= 0.6 is 0 Å². The summed E-state index contributed by atoms with van der Waals surface area (Å²) in [5.41, 5.74) is 5.25. The minimum absolute atomic E-state index is 0.750. The third kappa shape index (κ3) is 2.87. The SMILES string of the molecule is CC(C)(N)[S+](N)[O-]. The van der Waals surface area contributed by atoms with Gasteiger partial charge in [-0.1, -0.05) is 0 Å². The summed E-state index contributed by atoms with van der Waals surface area (Å²) in [5, 5.41) is 4.92. The molecule has 44 valence electrons. The van der Waals surface area contributed by atoms with E-state index in [0.717, 1.165) is 0 Å². The van der Waals surface area contributed by atoms with Crippen molar-refractivity contribution < 1.29 is 4.55 Å². The van der Waals surface area contributed by atoms with Crippen molar-refractivity contribution in [1.29, 1.82) is 0 Å². The van der Waals surface area contributed by atoms with Crippen molar-refractivity contribution in [2.24, 2.45) is 10.9 Å². The van der Waals surface area contributed by atoms with Gasteiger partial charge < -0.3 is 4.55 Å². The Balaban J connectivity index is 3.54. The van der Waals surface area contributed by atoms with Crippen LogP contribution in [0.5, 0.6) is 0 Å². The highest BCUT2D eigenvalue weighted by Gasteiger charge is 2.22. The van der Waals surface area contributed by atoms with Crippen LogP contribution in [0.2, 0.25) is 0 Å². The average molecular weight is 122 g/mol. The molecule has 0 radical (unpaired) electrons. The molecule has 4 N–H and O–H groups in total. The zero-order chi connectivity index (χ0) is 6.08. The highest BCUT2D eigenvalue weighted by atomic mass is 32.2. The van der Waals surface area contributed by atoms with Gasteiger partial charge in [0.15, 0.2) is 4.87 Å². The van der Waals surface area contributed by atoms with Crippen LogP contribution in [0.4, 0.5) is 0 Å². The maximum atomic E-state index is 10.2. The Morgan fingerprint density at radius 1 is 1.57 bits per heavy atom. The Labute approximate surface area is 46.4 Å². The Bertz CT molecular complexity index is 58.4. The number of hydrogen-bond donors (Lipinski definition) is 2. The van der Waals surface area contributed by atoms with E-state index in [0.29, 0.717) is 0 Å². The zero-order valence-corrected chi connectivity index (χ0v) is 5.29. The van der Waals surface area contributed by atoms with Crippen LogP contribution < -0.4 is 10.9 Å². The summed E-state index contributed by atoms with van der Waals surface area (Å²) in [6, 6.07) is 0. The third-order valence-corrected chi connectivity index (χ3v) is 1.56. The van der Waals surface area contributed by atoms with E-state index < -0.39 is 16.2 Å². The summed E-state index contributed by atoms with van der Waals surface area (Å²) in [5.74, 6) is 0. The summed E-state index contributed by atoms with van der Waals surface area (Å²) < 4.78 is 10.2. The zero-order valence-electron chi connectivity index (χ0n) is 4.47. The monoisotopic (exact) mass is 122 g/mol. The summed E-state index contributed by atoms with van der Waals surface area (Å²) in [6.07, 6.45) is 0. The van der Waals surface area contributed by atoms with E-state index in [1.165, 1.54) is 0 Å². The topological polar surface area (TPSA) is 75.1 Å². The van der Waals surface area contributed by atoms with E-state index in [4.69, 9.17) is 10.9 Å². The first-order chi connectivity index (χ1) is 2.94. The van der Waals surface area contributed by atoms with Crippen LogP contribution in [0.25, 0.3) is 0 Å². The quantitative estimate of drug-likeness (QED) is 0.452. The molecule has 3 nitrogen and oxygen atoms in total. The number of hydrogen-bond acceptors (Lipinski definition) is 3. The van der Waals surface area contributed by atoms with Crippen LogP contribution in [-0.2, 0) is 11.4 Å². The summed E-state index contributed by atoms with van der Waals surface area (Å²) in [4.78, 5) is -0.750. The van der Waals surface area contributed by atoms with Crippen molar-refractivity contribution >= 4 is 11.4 Å². The predicted molar refractivity (Wildman–Crippen MR) is 30.6 cm³/mol. The van der Waals surface area contributed by atoms with Gasteiger partial charge >= 0.3 is 0 Å². The van der Waals surface area contributed by atoms with Crippen molar-refractivity contribution in [1.82, 2.24) is 0 Å². The van der Waals surface area contributed by atoms with Crippen LogP contribution in [0.3, 0.4) is 0 Å². The molecule has 7 heavy (non-hydrogen) atoms. The second kappa shape index (κ2) is 2.00. The normalized spacial score (nSPS) is 16.7. The molecule has 0 spiro atoms. The molecule has 0 fully saturated rings. The lowest BCUT2D eigenvalue weighted by molar-refractivity contribution is 0.553. The van der Waals surface area contributed by atoms with Gasteiger partial charge in [-0.3, -0.25) is 5.73 Å². The molecular formula is C3H10N2OS. The fraction of sp³-hybridized carbons (Fsp3) is 1.00. The van der Waals surface area contributed by atoms with E-state index in [-0.39, 0.29) is 0 Å². The molecule has 1 unspecified atom stereocenters. The van der Waals surface area contributed by atoms with Crippen LogP contribution in [0.15, 0.2) is 0 Å². The van der Waals surface area contributed by atoms with Gasteiger partial charge in [0.2, 0.25) is 0 Å².